The van der Waals surface area contributed by atoms with Crippen LogP contribution in [0.1, 0.15) is 39.5 Å². The zero-order valence-corrected chi connectivity index (χ0v) is 13.9. The van der Waals surface area contributed by atoms with Crippen LogP contribution in [0.3, 0.4) is 0 Å². The largest absolute Gasteiger partial charge is 0.356 e. The molecular weight excluding hydrogens is 310 g/mol. The maximum Gasteiger partial charge on any atom is 0.265 e. The fourth-order valence-corrected chi connectivity index (χ4v) is 3.00. The Morgan fingerprint density at radius 3 is 2.14 bits per heavy atom. The van der Waals surface area contributed by atoms with Crippen LogP contribution in [0.2, 0.25) is 5.28 Å². The monoisotopic (exact) mass is 332 g/mol. The molecule has 2 saturated heterocycles. The van der Waals surface area contributed by atoms with E-state index in [1.807, 2.05) is 13.8 Å². The van der Waals surface area contributed by atoms with E-state index in [2.05, 4.69) is 14.9 Å². The lowest BCUT2D eigenvalue weighted by Gasteiger charge is -2.33. The molecule has 1 aromatic rings. The summed E-state index contributed by atoms with van der Waals surface area (Å²) in [5.74, 6) is -1.40. The molecule has 0 saturated carbocycles. The van der Waals surface area contributed by atoms with Crippen LogP contribution in [-0.2, 0) is 0 Å². The first-order valence-electron chi connectivity index (χ1n) is 7.96. The van der Waals surface area contributed by atoms with E-state index in [1.54, 1.807) is 11.0 Å². The summed E-state index contributed by atoms with van der Waals surface area (Å²) >= 11 is 5.96. The highest BCUT2D eigenvalue weighted by Crippen LogP contribution is 2.31. The van der Waals surface area contributed by atoms with Crippen molar-refractivity contribution < 1.29 is 8.78 Å². The van der Waals surface area contributed by atoms with Crippen molar-refractivity contribution in [3.05, 3.63) is 11.3 Å². The van der Waals surface area contributed by atoms with E-state index in [0.717, 1.165) is 31.7 Å². The minimum Gasteiger partial charge on any atom is -0.356 e. The summed E-state index contributed by atoms with van der Waals surface area (Å²) in [7, 11) is 0. The van der Waals surface area contributed by atoms with Crippen molar-refractivity contribution in [2.24, 2.45) is 0 Å². The van der Waals surface area contributed by atoms with Crippen molar-refractivity contribution in [2.75, 3.05) is 36.0 Å². The summed E-state index contributed by atoms with van der Waals surface area (Å²) in [5, 5.41) is 0.123. The number of rotatable bonds is 2. The molecular formula is C15H23ClF2N4. The van der Waals surface area contributed by atoms with Crippen LogP contribution in [0, 0.1) is 0 Å². The lowest BCUT2D eigenvalue weighted by atomic mass is 10.1. The molecule has 7 heteroatoms. The van der Waals surface area contributed by atoms with Crippen LogP contribution in [-0.4, -0.2) is 42.1 Å². The van der Waals surface area contributed by atoms with E-state index < -0.39 is 5.92 Å². The van der Waals surface area contributed by atoms with Crippen LogP contribution in [0.15, 0.2) is 6.07 Å². The van der Waals surface area contributed by atoms with Gasteiger partial charge in [-0.15, -0.1) is 0 Å². The van der Waals surface area contributed by atoms with Crippen molar-refractivity contribution >= 4 is 23.2 Å². The van der Waals surface area contributed by atoms with Gasteiger partial charge in [-0.2, -0.15) is 0 Å². The summed E-state index contributed by atoms with van der Waals surface area (Å²) in [4.78, 5) is 12.1. The molecule has 2 fully saturated rings. The molecule has 0 amide bonds. The van der Waals surface area contributed by atoms with Gasteiger partial charge >= 0.3 is 0 Å². The van der Waals surface area contributed by atoms with Gasteiger partial charge in [0.05, 0.1) is 6.54 Å². The number of halogens is 3. The molecule has 1 aromatic heterocycles. The number of hydrogen-bond acceptors (Lipinski definition) is 4. The molecule has 2 aliphatic heterocycles. The molecule has 0 N–H and O–H groups in total. The van der Waals surface area contributed by atoms with Gasteiger partial charge in [-0.3, -0.25) is 0 Å². The lowest BCUT2D eigenvalue weighted by molar-refractivity contribution is -0.0118. The fourth-order valence-electron chi connectivity index (χ4n) is 2.83. The number of piperidine rings is 1. The average Bonchev–Trinajstić information content (AvgIpc) is 3.02. The molecule has 124 valence electrons. The van der Waals surface area contributed by atoms with Crippen LogP contribution in [0.25, 0.3) is 0 Å². The summed E-state index contributed by atoms with van der Waals surface area (Å²) in [6.45, 7) is 6.16. The molecule has 3 heterocycles. The Hall–Kier alpha value is -1.17. The predicted molar refractivity (Wildman–Crippen MR) is 86.2 cm³/mol. The maximum absolute atomic E-state index is 13.5. The highest BCUT2D eigenvalue weighted by Gasteiger charge is 2.36. The van der Waals surface area contributed by atoms with Crippen LogP contribution >= 0.6 is 11.6 Å². The van der Waals surface area contributed by atoms with Gasteiger partial charge in [0.15, 0.2) is 0 Å². The summed E-state index contributed by atoms with van der Waals surface area (Å²) < 4.78 is 27.0. The third kappa shape index (κ3) is 4.18. The molecule has 4 nitrogen and oxygen atoms in total. The Morgan fingerprint density at radius 2 is 1.55 bits per heavy atom. The Morgan fingerprint density at radius 1 is 1.00 bits per heavy atom. The molecule has 2 aliphatic rings. The Balaban J connectivity index is 0.000000847. The van der Waals surface area contributed by atoms with E-state index in [1.165, 1.54) is 0 Å². The van der Waals surface area contributed by atoms with Gasteiger partial charge in [0.1, 0.15) is 11.6 Å². The first-order chi connectivity index (χ1) is 10.5. The Bertz CT molecular complexity index is 492. The van der Waals surface area contributed by atoms with E-state index in [-0.39, 0.29) is 18.2 Å². The van der Waals surface area contributed by atoms with Gasteiger partial charge in [-0.25, -0.2) is 18.7 Å². The molecule has 0 bridgehead atoms. The molecule has 0 unspecified atom stereocenters. The quantitative estimate of drug-likeness (QED) is 0.766. The highest BCUT2D eigenvalue weighted by molar-refractivity contribution is 6.28. The van der Waals surface area contributed by atoms with Crippen molar-refractivity contribution in [1.82, 2.24) is 9.97 Å². The van der Waals surface area contributed by atoms with Gasteiger partial charge < -0.3 is 9.80 Å². The fraction of sp³-hybridized carbons (Fsp3) is 0.733. The second kappa shape index (κ2) is 7.40. The number of nitrogens with zero attached hydrogens (tertiary/aromatic N) is 4. The second-order valence-corrected chi connectivity index (χ2v) is 5.77. The standard InChI is InChI=1S/C13H17ClF2N4.C2H6/c14-12-17-10(19-5-1-2-6-19)8-11(18-12)20-7-3-4-13(15,16)9-20;1-2/h8H,1-7,9H2;1-2H3. The van der Waals surface area contributed by atoms with E-state index in [4.69, 9.17) is 11.6 Å². The number of aromatic nitrogens is 2. The number of hydrogen-bond donors (Lipinski definition) is 0. The lowest BCUT2D eigenvalue weighted by Crippen LogP contribution is -2.43. The van der Waals surface area contributed by atoms with Crippen molar-refractivity contribution in [2.45, 2.75) is 45.5 Å². The minimum atomic E-state index is -2.65. The van der Waals surface area contributed by atoms with Gasteiger partial charge in [0.25, 0.3) is 5.92 Å². The average molecular weight is 333 g/mol. The molecule has 0 aromatic carbocycles. The van der Waals surface area contributed by atoms with Gasteiger partial charge in [0.2, 0.25) is 5.28 Å². The SMILES string of the molecule is CC.FC1(F)CCCN(c2cc(N3CCCC3)nc(Cl)n2)C1. The van der Waals surface area contributed by atoms with Crippen LogP contribution in [0.5, 0.6) is 0 Å². The summed E-state index contributed by atoms with van der Waals surface area (Å²) in [6, 6.07) is 1.78. The summed E-state index contributed by atoms with van der Waals surface area (Å²) in [5.41, 5.74) is 0. The first kappa shape index (κ1) is 17.2. The minimum absolute atomic E-state index is 0.0543. The van der Waals surface area contributed by atoms with Gasteiger partial charge in [-0.05, 0) is 30.9 Å². The first-order valence-corrected chi connectivity index (χ1v) is 8.34. The van der Waals surface area contributed by atoms with Crippen molar-refractivity contribution in [3.8, 4) is 0 Å². The van der Waals surface area contributed by atoms with Crippen molar-refractivity contribution in [3.63, 3.8) is 0 Å². The Kier molecular flexibility index (Phi) is 5.78. The predicted octanol–water partition coefficient (Wildman–Crippen LogP) is 3.99. The summed E-state index contributed by atoms with van der Waals surface area (Å²) in [6.07, 6.45) is 2.66. The third-order valence-electron chi connectivity index (χ3n) is 3.82. The molecule has 0 spiro atoms. The van der Waals surface area contributed by atoms with Gasteiger partial charge in [0, 0.05) is 32.1 Å². The van der Waals surface area contributed by atoms with Gasteiger partial charge in [-0.1, -0.05) is 13.8 Å². The van der Waals surface area contributed by atoms with Crippen LogP contribution in [0.4, 0.5) is 20.4 Å². The molecule has 3 rings (SSSR count). The topological polar surface area (TPSA) is 32.3 Å². The van der Waals surface area contributed by atoms with E-state index in [0.29, 0.717) is 18.8 Å². The molecule has 22 heavy (non-hydrogen) atoms. The molecule has 0 aliphatic carbocycles. The number of anilines is 2. The number of alkyl halides is 2. The Labute approximate surface area is 135 Å². The highest BCUT2D eigenvalue weighted by atomic mass is 35.5. The van der Waals surface area contributed by atoms with Crippen molar-refractivity contribution in [1.29, 1.82) is 0 Å². The van der Waals surface area contributed by atoms with E-state index >= 15 is 0 Å². The normalized spacial score (nSPS) is 20.6. The zero-order valence-electron chi connectivity index (χ0n) is 13.2. The molecule has 0 atom stereocenters. The smallest absolute Gasteiger partial charge is 0.265 e. The van der Waals surface area contributed by atoms with Crippen LogP contribution < -0.4 is 9.80 Å². The third-order valence-corrected chi connectivity index (χ3v) is 3.99. The molecule has 0 radical (unpaired) electrons. The second-order valence-electron chi connectivity index (χ2n) is 5.43. The zero-order chi connectivity index (χ0) is 16.2. The maximum atomic E-state index is 13.5. The van der Waals surface area contributed by atoms with E-state index in [9.17, 15) is 8.78 Å².